The minimum Gasteiger partial charge on any atom is -0.457 e. The standard InChI is InChI=1S/C22H18F3NO4S/c1-26(19-8-3-2-4-9-19)31(28,29)20-12-10-17(11-13-20)21(27)30-15-16-6-5-7-18(14-16)22(23,24)25/h2-14H,15H2,1H3. The number of para-hydroxylation sites is 1. The Morgan fingerprint density at radius 3 is 2.19 bits per heavy atom. The Balaban J connectivity index is 1.69. The van der Waals surface area contributed by atoms with Crippen LogP contribution >= 0.6 is 0 Å². The van der Waals surface area contributed by atoms with E-state index in [9.17, 15) is 26.4 Å². The Hall–Kier alpha value is -3.33. The molecule has 0 radical (unpaired) electrons. The molecule has 162 valence electrons. The molecule has 0 saturated heterocycles. The van der Waals surface area contributed by atoms with Gasteiger partial charge in [-0.05, 0) is 54.1 Å². The van der Waals surface area contributed by atoms with Crippen LogP contribution in [-0.4, -0.2) is 21.4 Å². The fourth-order valence-corrected chi connectivity index (χ4v) is 3.96. The largest absolute Gasteiger partial charge is 0.457 e. The third-order valence-electron chi connectivity index (χ3n) is 4.49. The Labute approximate surface area is 177 Å². The Morgan fingerprint density at radius 2 is 1.58 bits per heavy atom. The lowest BCUT2D eigenvalue weighted by Crippen LogP contribution is -2.26. The second-order valence-electron chi connectivity index (χ2n) is 6.61. The van der Waals surface area contributed by atoms with Gasteiger partial charge in [-0.1, -0.05) is 30.3 Å². The van der Waals surface area contributed by atoms with E-state index in [4.69, 9.17) is 4.74 Å². The van der Waals surface area contributed by atoms with Gasteiger partial charge in [0.05, 0.1) is 21.7 Å². The maximum atomic E-state index is 12.8. The predicted molar refractivity (Wildman–Crippen MR) is 109 cm³/mol. The van der Waals surface area contributed by atoms with Crippen molar-refractivity contribution in [3.8, 4) is 0 Å². The highest BCUT2D eigenvalue weighted by Crippen LogP contribution is 2.29. The zero-order valence-electron chi connectivity index (χ0n) is 16.3. The Morgan fingerprint density at radius 1 is 0.935 bits per heavy atom. The lowest BCUT2D eigenvalue weighted by atomic mass is 10.1. The monoisotopic (exact) mass is 449 g/mol. The zero-order chi connectivity index (χ0) is 22.6. The summed E-state index contributed by atoms with van der Waals surface area (Å²) in [6.45, 7) is -0.348. The molecule has 0 aliphatic heterocycles. The first-order valence-corrected chi connectivity index (χ1v) is 10.5. The first-order valence-electron chi connectivity index (χ1n) is 9.06. The molecule has 5 nitrogen and oxygen atoms in total. The summed E-state index contributed by atoms with van der Waals surface area (Å²) in [5.74, 6) is -0.780. The smallest absolute Gasteiger partial charge is 0.416 e. The fraction of sp³-hybridized carbons (Fsp3) is 0.136. The maximum absolute atomic E-state index is 12.8. The summed E-state index contributed by atoms with van der Waals surface area (Å²) >= 11 is 0. The van der Waals surface area contributed by atoms with E-state index in [-0.39, 0.29) is 22.6 Å². The number of anilines is 1. The molecule has 0 saturated carbocycles. The molecule has 0 fully saturated rings. The molecule has 3 rings (SSSR count). The molecule has 0 amide bonds. The van der Waals surface area contributed by atoms with Crippen LogP contribution < -0.4 is 4.31 Å². The van der Waals surface area contributed by atoms with Gasteiger partial charge in [-0.2, -0.15) is 13.2 Å². The maximum Gasteiger partial charge on any atom is 0.416 e. The highest BCUT2D eigenvalue weighted by molar-refractivity contribution is 7.92. The van der Waals surface area contributed by atoms with Crippen LogP contribution in [0.3, 0.4) is 0 Å². The number of esters is 1. The number of ether oxygens (including phenoxy) is 1. The van der Waals surface area contributed by atoms with Gasteiger partial charge in [0.25, 0.3) is 10.0 Å². The van der Waals surface area contributed by atoms with Crippen LogP contribution in [0.4, 0.5) is 18.9 Å². The van der Waals surface area contributed by atoms with E-state index < -0.39 is 27.7 Å². The van der Waals surface area contributed by atoms with Gasteiger partial charge in [0, 0.05) is 7.05 Å². The fourth-order valence-electron chi connectivity index (χ4n) is 2.77. The number of hydrogen-bond acceptors (Lipinski definition) is 4. The van der Waals surface area contributed by atoms with Crippen molar-refractivity contribution in [3.63, 3.8) is 0 Å². The van der Waals surface area contributed by atoms with Gasteiger partial charge in [-0.25, -0.2) is 13.2 Å². The molecule has 0 aliphatic carbocycles. The number of hydrogen-bond donors (Lipinski definition) is 0. The third-order valence-corrected chi connectivity index (χ3v) is 6.29. The van der Waals surface area contributed by atoms with Crippen LogP contribution in [0, 0.1) is 0 Å². The van der Waals surface area contributed by atoms with Crippen LogP contribution in [0.2, 0.25) is 0 Å². The number of rotatable bonds is 6. The van der Waals surface area contributed by atoms with Crippen molar-refractivity contribution in [2.45, 2.75) is 17.7 Å². The average molecular weight is 449 g/mol. The van der Waals surface area contributed by atoms with Gasteiger partial charge < -0.3 is 4.74 Å². The van der Waals surface area contributed by atoms with Crippen molar-refractivity contribution < 1.29 is 31.1 Å². The van der Waals surface area contributed by atoms with Gasteiger partial charge in [-0.15, -0.1) is 0 Å². The summed E-state index contributed by atoms with van der Waals surface area (Å²) in [4.78, 5) is 12.2. The van der Waals surface area contributed by atoms with Gasteiger partial charge in [0.15, 0.2) is 0 Å². The van der Waals surface area contributed by atoms with Crippen molar-refractivity contribution in [1.29, 1.82) is 0 Å². The van der Waals surface area contributed by atoms with Crippen molar-refractivity contribution in [2.75, 3.05) is 11.4 Å². The second-order valence-corrected chi connectivity index (χ2v) is 8.58. The highest BCUT2D eigenvalue weighted by atomic mass is 32.2. The van der Waals surface area contributed by atoms with E-state index in [0.717, 1.165) is 16.4 Å². The highest BCUT2D eigenvalue weighted by Gasteiger charge is 2.30. The van der Waals surface area contributed by atoms with Crippen molar-refractivity contribution in [2.24, 2.45) is 0 Å². The van der Waals surface area contributed by atoms with Crippen LogP contribution in [-0.2, 0) is 27.5 Å². The minimum atomic E-state index is -4.49. The second kappa shape index (κ2) is 8.81. The van der Waals surface area contributed by atoms with Crippen molar-refractivity contribution >= 4 is 21.7 Å². The quantitative estimate of drug-likeness (QED) is 0.503. The number of nitrogens with zero attached hydrogens (tertiary/aromatic N) is 1. The number of alkyl halides is 3. The first-order chi connectivity index (χ1) is 14.6. The molecule has 0 unspecified atom stereocenters. The molecule has 0 bridgehead atoms. The van der Waals surface area contributed by atoms with E-state index in [1.807, 2.05) is 0 Å². The number of halogens is 3. The van der Waals surface area contributed by atoms with Crippen LogP contribution in [0.5, 0.6) is 0 Å². The van der Waals surface area contributed by atoms with Gasteiger partial charge in [0.1, 0.15) is 6.61 Å². The Kier molecular flexibility index (Phi) is 6.35. The molecule has 9 heteroatoms. The van der Waals surface area contributed by atoms with Gasteiger partial charge >= 0.3 is 12.1 Å². The van der Waals surface area contributed by atoms with E-state index in [1.54, 1.807) is 30.3 Å². The minimum absolute atomic E-state index is 0.0201. The zero-order valence-corrected chi connectivity index (χ0v) is 17.2. The van der Waals surface area contributed by atoms with Gasteiger partial charge in [-0.3, -0.25) is 4.31 Å². The molecule has 31 heavy (non-hydrogen) atoms. The van der Waals surface area contributed by atoms with E-state index in [0.29, 0.717) is 5.69 Å². The lowest BCUT2D eigenvalue weighted by Gasteiger charge is -2.19. The summed E-state index contributed by atoms with van der Waals surface area (Å²) in [6.07, 6.45) is -4.49. The summed E-state index contributed by atoms with van der Waals surface area (Å²) in [7, 11) is -2.42. The normalized spacial score (nSPS) is 11.7. The third kappa shape index (κ3) is 5.24. The van der Waals surface area contributed by atoms with E-state index in [2.05, 4.69) is 0 Å². The van der Waals surface area contributed by atoms with E-state index in [1.165, 1.54) is 43.4 Å². The van der Waals surface area contributed by atoms with Gasteiger partial charge in [0.2, 0.25) is 0 Å². The summed E-state index contributed by atoms with van der Waals surface area (Å²) in [5.41, 5.74) is -0.0923. The Bertz CT molecular complexity index is 1160. The first kappa shape index (κ1) is 22.4. The summed E-state index contributed by atoms with van der Waals surface area (Å²) in [6, 6.07) is 18.1. The molecular formula is C22H18F3NO4S. The molecule has 3 aromatic rings. The molecule has 0 aromatic heterocycles. The molecule has 0 heterocycles. The number of carbonyl (C=O) groups is 1. The molecule has 0 aliphatic rings. The van der Waals surface area contributed by atoms with Crippen molar-refractivity contribution in [3.05, 3.63) is 95.6 Å². The number of benzene rings is 3. The topological polar surface area (TPSA) is 63.7 Å². The average Bonchev–Trinajstić information content (AvgIpc) is 2.77. The van der Waals surface area contributed by atoms with Crippen molar-refractivity contribution in [1.82, 2.24) is 0 Å². The van der Waals surface area contributed by atoms with Crippen LogP contribution in [0.25, 0.3) is 0 Å². The summed E-state index contributed by atoms with van der Waals surface area (Å²) < 4.78 is 70.0. The molecule has 0 N–H and O–H groups in total. The van der Waals surface area contributed by atoms with E-state index >= 15 is 0 Å². The predicted octanol–water partition coefficient (Wildman–Crippen LogP) is 4.89. The SMILES string of the molecule is CN(c1ccccc1)S(=O)(=O)c1ccc(C(=O)OCc2cccc(C(F)(F)F)c2)cc1. The molecule has 3 aromatic carbocycles. The summed E-state index contributed by atoms with van der Waals surface area (Å²) in [5, 5.41) is 0. The molecular weight excluding hydrogens is 431 g/mol. The lowest BCUT2D eigenvalue weighted by molar-refractivity contribution is -0.137. The molecule has 0 spiro atoms. The molecule has 0 atom stereocenters. The number of sulfonamides is 1. The number of carbonyl (C=O) groups excluding carboxylic acids is 1. The van der Waals surface area contributed by atoms with Crippen LogP contribution in [0.15, 0.2) is 83.8 Å². The van der Waals surface area contributed by atoms with Crippen LogP contribution in [0.1, 0.15) is 21.5 Å².